The van der Waals surface area contributed by atoms with Crippen molar-refractivity contribution in [2.75, 3.05) is 6.26 Å². The van der Waals surface area contributed by atoms with Gasteiger partial charge in [0.1, 0.15) is 0 Å². The van der Waals surface area contributed by atoms with Gasteiger partial charge in [-0.1, -0.05) is 12.1 Å². The van der Waals surface area contributed by atoms with Crippen LogP contribution in [0.15, 0.2) is 22.4 Å². The van der Waals surface area contributed by atoms with Crippen LogP contribution in [-0.2, 0) is 6.61 Å². The highest BCUT2D eigenvalue weighted by Crippen LogP contribution is 2.36. The van der Waals surface area contributed by atoms with Gasteiger partial charge in [0.2, 0.25) is 0 Å². The zero-order chi connectivity index (χ0) is 10.1. The maximum Gasteiger partial charge on any atom is 0.0692 e. The molecule has 1 aromatic carbocycles. The molecular formula is C10H9IOS2. The Kier molecular flexibility index (Phi) is 3.36. The van der Waals surface area contributed by atoms with Crippen molar-refractivity contribution in [2.24, 2.45) is 0 Å². The van der Waals surface area contributed by atoms with Gasteiger partial charge in [0.15, 0.2) is 0 Å². The molecule has 2 aromatic rings. The number of thioether (sulfide) groups is 1. The number of aliphatic hydroxyl groups is 1. The SMILES string of the molecule is CSc1csc2c(I)c(CO)ccc12. The Labute approximate surface area is 105 Å². The minimum atomic E-state index is 0.126. The lowest BCUT2D eigenvalue weighted by atomic mass is 10.2. The number of aliphatic hydroxyl groups excluding tert-OH is 1. The van der Waals surface area contributed by atoms with Crippen LogP contribution in [-0.4, -0.2) is 11.4 Å². The Morgan fingerprint density at radius 1 is 1.50 bits per heavy atom. The predicted octanol–water partition coefficient (Wildman–Crippen LogP) is 3.72. The molecule has 4 heteroatoms. The normalized spacial score (nSPS) is 11.1. The number of fused-ring (bicyclic) bond motifs is 1. The Hall–Kier alpha value is 0.220. The summed E-state index contributed by atoms with van der Waals surface area (Å²) in [7, 11) is 0. The second-order valence-electron chi connectivity index (χ2n) is 2.88. The molecule has 0 saturated heterocycles. The third-order valence-electron chi connectivity index (χ3n) is 2.12. The second-order valence-corrected chi connectivity index (χ2v) is 5.68. The first-order chi connectivity index (χ1) is 6.77. The van der Waals surface area contributed by atoms with Crippen molar-refractivity contribution in [2.45, 2.75) is 11.5 Å². The maximum atomic E-state index is 9.14. The van der Waals surface area contributed by atoms with Crippen molar-refractivity contribution in [3.8, 4) is 0 Å². The molecule has 0 atom stereocenters. The second kappa shape index (κ2) is 4.38. The van der Waals surface area contributed by atoms with E-state index < -0.39 is 0 Å². The number of halogens is 1. The fourth-order valence-corrected chi connectivity index (χ4v) is 4.26. The van der Waals surface area contributed by atoms with Crippen molar-refractivity contribution in [3.05, 3.63) is 26.6 Å². The van der Waals surface area contributed by atoms with Gasteiger partial charge in [-0.2, -0.15) is 0 Å². The van der Waals surface area contributed by atoms with Gasteiger partial charge in [0.05, 0.1) is 6.61 Å². The van der Waals surface area contributed by atoms with E-state index in [0.717, 1.165) is 5.56 Å². The van der Waals surface area contributed by atoms with Crippen LogP contribution in [0, 0.1) is 3.57 Å². The average Bonchev–Trinajstić information content (AvgIpc) is 2.62. The van der Waals surface area contributed by atoms with Crippen LogP contribution in [0.5, 0.6) is 0 Å². The van der Waals surface area contributed by atoms with E-state index in [-0.39, 0.29) is 6.61 Å². The summed E-state index contributed by atoms with van der Waals surface area (Å²) in [6.07, 6.45) is 2.09. The summed E-state index contributed by atoms with van der Waals surface area (Å²) in [4.78, 5) is 1.33. The highest BCUT2D eigenvalue weighted by Gasteiger charge is 2.08. The highest BCUT2D eigenvalue weighted by atomic mass is 127. The number of thiophene rings is 1. The predicted molar refractivity (Wildman–Crippen MR) is 72.2 cm³/mol. The van der Waals surface area contributed by atoms with E-state index in [1.54, 1.807) is 23.1 Å². The first-order valence-corrected chi connectivity index (χ1v) is 7.29. The van der Waals surface area contributed by atoms with Crippen molar-refractivity contribution in [3.63, 3.8) is 0 Å². The lowest BCUT2D eigenvalue weighted by Gasteiger charge is -2.02. The molecule has 0 aliphatic carbocycles. The van der Waals surface area contributed by atoms with E-state index in [1.807, 2.05) is 6.07 Å². The molecule has 1 heterocycles. The fourth-order valence-electron chi connectivity index (χ4n) is 1.36. The van der Waals surface area contributed by atoms with E-state index in [2.05, 4.69) is 40.3 Å². The van der Waals surface area contributed by atoms with Crippen molar-refractivity contribution < 1.29 is 5.11 Å². The van der Waals surface area contributed by atoms with Gasteiger partial charge in [-0.05, 0) is 34.4 Å². The molecule has 0 spiro atoms. The topological polar surface area (TPSA) is 20.2 Å². The molecule has 0 bridgehead atoms. The van der Waals surface area contributed by atoms with Crippen molar-refractivity contribution in [1.82, 2.24) is 0 Å². The summed E-state index contributed by atoms with van der Waals surface area (Å²) in [5.74, 6) is 0. The molecule has 0 saturated carbocycles. The third-order valence-corrected chi connectivity index (χ3v) is 5.65. The van der Waals surface area contributed by atoms with Crippen LogP contribution >= 0.6 is 45.7 Å². The monoisotopic (exact) mass is 336 g/mol. The molecule has 1 aromatic heterocycles. The summed E-state index contributed by atoms with van der Waals surface area (Å²) in [6.45, 7) is 0.126. The van der Waals surface area contributed by atoms with Gasteiger partial charge < -0.3 is 5.11 Å². The van der Waals surface area contributed by atoms with Crippen LogP contribution in [0.2, 0.25) is 0 Å². The molecule has 0 aliphatic rings. The quantitative estimate of drug-likeness (QED) is 0.666. The fraction of sp³-hybridized carbons (Fsp3) is 0.200. The largest absolute Gasteiger partial charge is 0.392 e. The zero-order valence-electron chi connectivity index (χ0n) is 7.58. The van der Waals surface area contributed by atoms with E-state index in [1.165, 1.54) is 18.6 Å². The summed E-state index contributed by atoms with van der Waals surface area (Å²) in [5.41, 5.74) is 1.02. The molecule has 0 fully saturated rings. The van der Waals surface area contributed by atoms with Crippen LogP contribution in [0.1, 0.15) is 5.56 Å². The summed E-state index contributed by atoms with van der Waals surface area (Å²) in [6, 6.07) is 4.11. The molecule has 0 amide bonds. The summed E-state index contributed by atoms with van der Waals surface area (Å²) >= 11 is 5.84. The van der Waals surface area contributed by atoms with Gasteiger partial charge in [-0.25, -0.2) is 0 Å². The minimum absolute atomic E-state index is 0.126. The van der Waals surface area contributed by atoms with Gasteiger partial charge in [0, 0.05) is 23.9 Å². The Morgan fingerprint density at radius 3 is 2.93 bits per heavy atom. The van der Waals surface area contributed by atoms with Crippen LogP contribution < -0.4 is 0 Å². The lowest BCUT2D eigenvalue weighted by molar-refractivity contribution is 0.281. The standard InChI is InChI=1S/C10H9IOS2/c1-13-8-5-14-10-7(8)3-2-6(4-12)9(10)11/h2-3,5,12H,4H2,1H3. The number of benzene rings is 1. The van der Waals surface area contributed by atoms with E-state index in [0.29, 0.717) is 0 Å². The number of hydrogen-bond donors (Lipinski definition) is 1. The average molecular weight is 336 g/mol. The van der Waals surface area contributed by atoms with Crippen LogP contribution in [0.25, 0.3) is 10.1 Å². The maximum absolute atomic E-state index is 9.14. The first-order valence-electron chi connectivity index (χ1n) is 4.11. The molecule has 0 radical (unpaired) electrons. The molecule has 74 valence electrons. The van der Waals surface area contributed by atoms with Gasteiger partial charge in [0.25, 0.3) is 0 Å². The van der Waals surface area contributed by atoms with E-state index in [4.69, 9.17) is 5.11 Å². The Balaban J connectivity index is 2.72. The molecular weight excluding hydrogens is 327 g/mol. The number of hydrogen-bond acceptors (Lipinski definition) is 3. The summed E-state index contributed by atoms with van der Waals surface area (Å²) < 4.78 is 2.48. The Morgan fingerprint density at radius 2 is 2.29 bits per heavy atom. The first kappa shape index (κ1) is 10.7. The Bertz CT molecular complexity index is 464. The zero-order valence-corrected chi connectivity index (χ0v) is 11.4. The number of rotatable bonds is 2. The molecule has 14 heavy (non-hydrogen) atoms. The molecule has 1 N–H and O–H groups in total. The van der Waals surface area contributed by atoms with Crippen LogP contribution in [0.3, 0.4) is 0 Å². The highest BCUT2D eigenvalue weighted by molar-refractivity contribution is 14.1. The minimum Gasteiger partial charge on any atom is -0.392 e. The van der Waals surface area contributed by atoms with E-state index in [9.17, 15) is 0 Å². The van der Waals surface area contributed by atoms with Gasteiger partial charge >= 0.3 is 0 Å². The van der Waals surface area contributed by atoms with Gasteiger partial charge in [-0.15, -0.1) is 23.1 Å². The molecule has 0 aliphatic heterocycles. The van der Waals surface area contributed by atoms with Gasteiger partial charge in [-0.3, -0.25) is 0 Å². The summed E-state index contributed by atoms with van der Waals surface area (Å²) in [5, 5.41) is 12.6. The van der Waals surface area contributed by atoms with Crippen molar-refractivity contribution >= 4 is 55.8 Å². The molecule has 1 nitrogen and oxygen atoms in total. The molecule has 0 unspecified atom stereocenters. The van der Waals surface area contributed by atoms with E-state index >= 15 is 0 Å². The van der Waals surface area contributed by atoms with Crippen LogP contribution in [0.4, 0.5) is 0 Å². The van der Waals surface area contributed by atoms with Crippen molar-refractivity contribution in [1.29, 1.82) is 0 Å². The third kappa shape index (κ3) is 1.68. The lowest BCUT2D eigenvalue weighted by Crippen LogP contribution is -1.87. The molecule has 2 rings (SSSR count). The smallest absolute Gasteiger partial charge is 0.0692 e.